The number of carbonyl (C=O) groups excluding carboxylic acids is 1. The number of rotatable bonds is 7. The highest BCUT2D eigenvalue weighted by molar-refractivity contribution is 8.01. The van der Waals surface area contributed by atoms with Gasteiger partial charge in [-0.15, -0.1) is 11.3 Å². The SMILES string of the molecule is O=C1CC[C@H](COc2ccncc2)N1CCSc1nccs1. The molecule has 0 aromatic carbocycles. The van der Waals surface area contributed by atoms with E-state index in [1.54, 1.807) is 41.7 Å². The molecule has 1 atom stereocenters. The largest absolute Gasteiger partial charge is 0.491 e. The molecule has 1 fully saturated rings. The van der Waals surface area contributed by atoms with Gasteiger partial charge in [-0.05, 0) is 18.6 Å². The summed E-state index contributed by atoms with van der Waals surface area (Å²) in [5.74, 6) is 1.89. The number of thioether (sulfide) groups is 1. The maximum atomic E-state index is 12.0. The summed E-state index contributed by atoms with van der Waals surface area (Å²) in [4.78, 5) is 22.2. The van der Waals surface area contributed by atoms with E-state index in [1.807, 2.05) is 22.4 Å². The van der Waals surface area contributed by atoms with Crippen molar-refractivity contribution in [1.82, 2.24) is 14.9 Å². The Morgan fingerprint density at radius 1 is 1.36 bits per heavy atom. The van der Waals surface area contributed by atoms with E-state index in [2.05, 4.69) is 9.97 Å². The number of amides is 1. The van der Waals surface area contributed by atoms with E-state index in [-0.39, 0.29) is 11.9 Å². The molecule has 5 nitrogen and oxygen atoms in total. The first kappa shape index (κ1) is 15.3. The number of nitrogens with zero attached hydrogens (tertiary/aromatic N) is 3. The van der Waals surface area contributed by atoms with Gasteiger partial charge in [0.2, 0.25) is 5.91 Å². The third-order valence-corrected chi connectivity index (χ3v) is 5.46. The predicted molar refractivity (Wildman–Crippen MR) is 87.3 cm³/mol. The Labute approximate surface area is 137 Å². The first-order valence-electron chi connectivity index (χ1n) is 7.17. The van der Waals surface area contributed by atoms with Gasteiger partial charge in [0.1, 0.15) is 16.7 Å². The standard InChI is InChI=1S/C15H17N3O2S2/c19-14-2-1-12(11-20-13-3-5-16-6-4-13)18(14)8-10-22-15-17-7-9-21-15/h3-7,9,12H,1-2,8,10-11H2/t12-/m1/s1. The molecule has 0 unspecified atom stereocenters. The van der Waals surface area contributed by atoms with Crippen molar-refractivity contribution in [2.24, 2.45) is 0 Å². The predicted octanol–water partition coefficient (Wildman–Crippen LogP) is 2.70. The first-order valence-corrected chi connectivity index (χ1v) is 9.04. The number of thiazole rings is 1. The number of hydrogen-bond acceptors (Lipinski definition) is 6. The van der Waals surface area contributed by atoms with E-state index in [0.29, 0.717) is 13.0 Å². The quantitative estimate of drug-likeness (QED) is 0.728. The number of aromatic nitrogens is 2. The van der Waals surface area contributed by atoms with Crippen LogP contribution in [0.1, 0.15) is 12.8 Å². The summed E-state index contributed by atoms with van der Waals surface area (Å²) in [6.07, 6.45) is 6.70. The molecule has 3 rings (SSSR count). The Hall–Kier alpha value is -1.60. The average Bonchev–Trinajstić information content (AvgIpc) is 3.18. The van der Waals surface area contributed by atoms with Crippen LogP contribution in [0.4, 0.5) is 0 Å². The van der Waals surface area contributed by atoms with Gasteiger partial charge in [0.05, 0.1) is 6.04 Å². The number of ether oxygens (including phenoxy) is 1. The van der Waals surface area contributed by atoms with Gasteiger partial charge in [0.25, 0.3) is 0 Å². The monoisotopic (exact) mass is 335 g/mol. The fourth-order valence-electron chi connectivity index (χ4n) is 2.41. The summed E-state index contributed by atoms with van der Waals surface area (Å²) in [5.41, 5.74) is 0. The molecule has 1 amide bonds. The molecule has 0 bridgehead atoms. The summed E-state index contributed by atoms with van der Waals surface area (Å²) < 4.78 is 6.82. The van der Waals surface area contributed by atoms with Crippen molar-refractivity contribution in [2.75, 3.05) is 18.9 Å². The van der Waals surface area contributed by atoms with E-state index in [4.69, 9.17) is 4.74 Å². The minimum Gasteiger partial charge on any atom is -0.491 e. The van der Waals surface area contributed by atoms with Crippen LogP contribution in [0, 0.1) is 0 Å². The molecule has 2 aromatic heterocycles. The number of carbonyl (C=O) groups is 1. The van der Waals surface area contributed by atoms with Crippen LogP contribution < -0.4 is 4.74 Å². The highest BCUT2D eigenvalue weighted by Crippen LogP contribution is 2.24. The van der Waals surface area contributed by atoms with Gasteiger partial charge in [-0.2, -0.15) is 0 Å². The Kier molecular flexibility index (Phi) is 5.29. The van der Waals surface area contributed by atoms with Crippen molar-refractivity contribution in [2.45, 2.75) is 23.2 Å². The lowest BCUT2D eigenvalue weighted by atomic mass is 10.2. The van der Waals surface area contributed by atoms with Crippen LogP contribution in [0.3, 0.4) is 0 Å². The summed E-state index contributed by atoms with van der Waals surface area (Å²) in [6, 6.07) is 3.83. The van der Waals surface area contributed by atoms with Crippen LogP contribution >= 0.6 is 23.1 Å². The third kappa shape index (κ3) is 3.98. The maximum absolute atomic E-state index is 12.0. The highest BCUT2D eigenvalue weighted by atomic mass is 32.2. The van der Waals surface area contributed by atoms with Gasteiger partial charge >= 0.3 is 0 Å². The molecule has 0 aliphatic carbocycles. The molecule has 1 aliphatic rings. The van der Waals surface area contributed by atoms with Crippen molar-refractivity contribution >= 4 is 29.0 Å². The van der Waals surface area contributed by atoms with Gasteiger partial charge in [0, 0.05) is 42.7 Å². The zero-order valence-corrected chi connectivity index (χ0v) is 13.7. The normalized spacial score (nSPS) is 17.9. The van der Waals surface area contributed by atoms with Crippen molar-refractivity contribution < 1.29 is 9.53 Å². The minimum atomic E-state index is 0.164. The van der Waals surface area contributed by atoms with Crippen LogP contribution in [0.15, 0.2) is 40.4 Å². The van der Waals surface area contributed by atoms with Crippen LogP contribution in [0.2, 0.25) is 0 Å². The highest BCUT2D eigenvalue weighted by Gasteiger charge is 2.30. The second-order valence-corrected chi connectivity index (χ2v) is 7.16. The Morgan fingerprint density at radius 3 is 3.00 bits per heavy atom. The molecular formula is C15H17N3O2S2. The van der Waals surface area contributed by atoms with E-state index in [9.17, 15) is 4.79 Å². The van der Waals surface area contributed by atoms with Crippen LogP contribution in [-0.4, -0.2) is 45.7 Å². The van der Waals surface area contributed by atoms with Crippen molar-refractivity contribution in [1.29, 1.82) is 0 Å². The van der Waals surface area contributed by atoms with E-state index < -0.39 is 0 Å². The molecule has 22 heavy (non-hydrogen) atoms. The van der Waals surface area contributed by atoms with E-state index >= 15 is 0 Å². The van der Waals surface area contributed by atoms with Crippen molar-refractivity contribution in [3.8, 4) is 5.75 Å². The number of pyridine rings is 1. The fourth-order valence-corrected chi connectivity index (χ4v) is 4.06. The zero-order chi connectivity index (χ0) is 15.2. The zero-order valence-electron chi connectivity index (χ0n) is 12.1. The maximum Gasteiger partial charge on any atom is 0.223 e. The molecule has 116 valence electrons. The van der Waals surface area contributed by atoms with E-state index in [0.717, 1.165) is 28.8 Å². The average molecular weight is 335 g/mol. The Balaban J connectivity index is 1.48. The molecule has 1 saturated heterocycles. The summed E-state index contributed by atoms with van der Waals surface area (Å²) in [7, 11) is 0. The summed E-state index contributed by atoms with van der Waals surface area (Å²) >= 11 is 3.33. The van der Waals surface area contributed by atoms with Crippen LogP contribution in [0.5, 0.6) is 5.75 Å². The molecule has 3 heterocycles. The van der Waals surface area contributed by atoms with Gasteiger partial charge in [-0.3, -0.25) is 9.78 Å². The lowest BCUT2D eigenvalue weighted by molar-refractivity contribution is -0.129. The van der Waals surface area contributed by atoms with Gasteiger partial charge < -0.3 is 9.64 Å². The minimum absolute atomic E-state index is 0.164. The molecule has 7 heteroatoms. The molecule has 1 aliphatic heterocycles. The Bertz CT molecular complexity index is 592. The Morgan fingerprint density at radius 2 is 2.23 bits per heavy atom. The number of likely N-dealkylation sites (tertiary alicyclic amines) is 1. The van der Waals surface area contributed by atoms with Gasteiger partial charge in [-0.1, -0.05) is 11.8 Å². The third-order valence-electron chi connectivity index (χ3n) is 3.51. The summed E-state index contributed by atoms with van der Waals surface area (Å²) in [5, 5.41) is 1.97. The van der Waals surface area contributed by atoms with Crippen LogP contribution in [0.25, 0.3) is 0 Å². The second kappa shape index (κ2) is 7.60. The first-order chi connectivity index (χ1) is 10.8. The number of hydrogen-bond donors (Lipinski definition) is 0. The fraction of sp³-hybridized carbons (Fsp3) is 0.400. The molecule has 2 aromatic rings. The molecular weight excluding hydrogens is 318 g/mol. The van der Waals surface area contributed by atoms with Gasteiger partial charge in [-0.25, -0.2) is 4.98 Å². The molecule has 0 radical (unpaired) electrons. The second-order valence-electron chi connectivity index (χ2n) is 4.92. The molecule has 0 saturated carbocycles. The lowest BCUT2D eigenvalue weighted by Crippen LogP contribution is -2.38. The summed E-state index contributed by atoms with van der Waals surface area (Å²) in [6.45, 7) is 1.28. The molecule has 0 N–H and O–H groups in total. The van der Waals surface area contributed by atoms with Gasteiger partial charge in [0.15, 0.2) is 0 Å². The van der Waals surface area contributed by atoms with Crippen molar-refractivity contribution in [3.63, 3.8) is 0 Å². The van der Waals surface area contributed by atoms with Crippen LogP contribution in [-0.2, 0) is 4.79 Å². The van der Waals surface area contributed by atoms with E-state index in [1.165, 1.54) is 0 Å². The molecule has 0 spiro atoms. The van der Waals surface area contributed by atoms with Crippen molar-refractivity contribution in [3.05, 3.63) is 36.1 Å². The lowest BCUT2D eigenvalue weighted by Gasteiger charge is -2.24. The topological polar surface area (TPSA) is 55.3 Å². The smallest absolute Gasteiger partial charge is 0.223 e.